The maximum absolute atomic E-state index is 11.8. The van der Waals surface area contributed by atoms with Crippen molar-refractivity contribution in [1.82, 2.24) is 4.90 Å². The standard InChI is InChI=1S/C13H17NO3/c1-9(2)10-6-13(16)14(7-10)8-11(15)12-4-3-5-17-12/h3-5,9-10H,6-8H2,1-2H3. The van der Waals surface area contributed by atoms with Gasteiger partial charge >= 0.3 is 0 Å². The molecule has 2 heterocycles. The predicted octanol–water partition coefficient (Wildman–Crippen LogP) is 1.97. The highest BCUT2D eigenvalue weighted by molar-refractivity contribution is 5.97. The van der Waals surface area contributed by atoms with Crippen LogP contribution in [-0.4, -0.2) is 29.7 Å². The summed E-state index contributed by atoms with van der Waals surface area (Å²) >= 11 is 0. The van der Waals surface area contributed by atoms with Crippen molar-refractivity contribution in [2.75, 3.05) is 13.1 Å². The Morgan fingerprint density at radius 2 is 2.35 bits per heavy atom. The molecule has 0 spiro atoms. The predicted molar refractivity (Wildman–Crippen MR) is 62.6 cm³/mol. The minimum atomic E-state index is -0.132. The van der Waals surface area contributed by atoms with Crippen molar-refractivity contribution < 1.29 is 14.0 Å². The van der Waals surface area contributed by atoms with Gasteiger partial charge in [-0.25, -0.2) is 0 Å². The van der Waals surface area contributed by atoms with E-state index < -0.39 is 0 Å². The fourth-order valence-electron chi connectivity index (χ4n) is 2.09. The van der Waals surface area contributed by atoms with Gasteiger partial charge in [0, 0.05) is 13.0 Å². The summed E-state index contributed by atoms with van der Waals surface area (Å²) in [7, 11) is 0. The van der Waals surface area contributed by atoms with Gasteiger partial charge in [-0.1, -0.05) is 13.8 Å². The lowest BCUT2D eigenvalue weighted by Gasteiger charge is -2.16. The molecule has 4 heteroatoms. The van der Waals surface area contributed by atoms with Crippen LogP contribution in [0.4, 0.5) is 0 Å². The first kappa shape index (κ1) is 11.9. The van der Waals surface area contributed by atoms with Gasteiger partial charge in [-0.2, -0.15) is 0 Å². The molecule has 17 heavy (non-hydrogen) atoms. The van der Waals surface area contributed by atoms with Crippen molar-refractivity contribution >= 4 is 11.7 Å². The number of amides is 1. The minimum absolute atomic E-state index is 0.0728. The first-order valence-electron chi connectivity index (χ1n) is 5.92. The third-order valence-electron chi connectivity index (χ3n) is 3.32. The molecule has 1 aliphatic rings. The molecule has 0 bridgehead atoms. The Morgan fingerprint density at radius 3 is 2.88 bits per heavy atom. The molecule has 0 aliphatic carbocycles. The molecule has 0 saturated carbocycles. The highest BCUT2D eigenvalue weighted by Crippen LogP contribution is 2.24. The number of Topliss-reactive ketones (excluding diaryl/α,β-unsaturated/α-hetero) is 1. The van der Waals surface area contributed by atoms with E-state index in [9.17, 15) is 9.59 Å². The SMILES string of the molecule is CC(C)C1CC(=O)N(CC(=O)c2ccco2)C1. The van der Waals surface area contributed by atoms with E-state index in [1.165, 1.54) is 6.26 Å². The van der Waals surface area contributed by atoms with Gasteiger partial charge in [0.05, 0.1) is 12.8 Å². The number of rotatable bonds is 4. The molecule has 0 radical (unpaired) electrons. The second kappa shape index (κ2) is 4.73. The van der Waals surface area contributed by atoms with Crippen LogP contribution in [0.3, 0.4) is 0 Å². The van der Waals surface area contributed by atoms with E-state index in [1.54, 1.807) is 17.0 Å². The number of hydrogen-bond acceptors (Lipinski definition) is 3. The fourth-order valence-corrected chi connectivity index (χ4v) is 2.09. The molecule has 4 nitrogen and oxygen atoms in total. The van der Waals surface area contributed by atoms with E-state index in [-0.39, 0.29) is 18.2 Å². The molecule has 1 aromatic heterocycles. The van der Waals surface area contributed by atoms with E-state index in [1.807, 2.05) is 0 Å². The van der Waals surface area contributed by atoms with Crippen LogP contribution in [0.1, 0.15) is 30.8 Å². The van der Waals surface area contributed by atoms with Crippen LogP contribution in [-0.2, 0) is 4.79 Å². The first-order valence-corrected chi connectivity index (χ1v) is 5.92. The summed E-state index contributed by atoms with van der Waals surface area (Å²) in [5, 5.41) is 0. The highest BCUT2D eigenvalue weighted by atomic mass is 16.3. The fraction of sp³-hybridized carbons (Fsp3) is 0.538. The highest BCUT2D eigenvalue weighted by Gasteiger charge is 2.32. The summed E-state index contributed by atoms with van der Waals surface area (Å²) in [5.74, 6) is 1.11. The summed E-state index contributed by atoms with van der Waals surface area (Å²) in [4.78, 5) is 25.2. The summed E-state index contributed by atoms with van der Waals surface area (Å²) in [6.07, 6.45) is 2.03. The number of nitrogens with zero attached hydrogens (tertiary/aromatic N) is 1. The Morgan fingerprint density at radius 1 is 1.59 bits per heavy atom. The van der Waals surface area contributed by atoms with Crippen molar-refractivity contribution in [3.63, 3.8) is 0 Å². The summed E-state index contributed by atoms with van der Waals surface area (Å²) in [6, 6.07) is 3.30. The smallest absolute Gasteiger partial charge is 0.223 e. The number of carbonyl (C=O) groups is 2. The Bertz CT molecular complexity index is 408. The van der Waals surface area contributed by atoms with Gasteiger partial charge in [0.2, 0.25) is 11.7 Å². The normalized spacial score (nSPS) is 20.3. The quantitative estimate of drug-likeness (QED) is 0.750. The van der Waals surface area contributed by atoms with Gasteiger partial charge in [0.15, 0.2) is 5.76 Å². The maximum Gasteiger partial charge on any atom is 0.223 e. The zero-order valence-corrected chi connectivity index (χ0v) is 10.2. The molecule has 1 aliphatic heterocycles. The van der Waals surface area contributed by atoms with E-state index in [2.05, 4.69) is 13.8 Å². The Kier molecular flexibility index (Phi) is 3.31. The molecule has 1 aromatic rings. The van der Waals surface area contributed by atoms with Crippen molar-refractivity contribution in [2.45, 2.75) is 20.3 Å². The van der Waals surface area contributed by atoms with Crippen molar-refractivity contribution in [3.05, 3.63) is 24.2 Å². The van der Waals surface area contributed by atoms with E-state index in [4.69, 9.17) is 4.42 Å². The lowest BCUT2D eigenvalue weighted by atomic mass is 9.95. The van der Waals surface area contributed by atoms with E-state index in [0.29, 0.717) is 30.6 Å². The lowest BCUT2D eigenvalue weighted by Crippen LogP contribution is -2.31. The largest absolute Gasteiger partial charge is 0.461 e. The van der Waals surface area contributed by atoms with Crippen LogP contribution in [0.2, 0.25) is 0 Å². The van der Waals surface area contributed by atoms with Crippen molar-refractivity contribution in [1.29, 1.82) is 0 Å². The topological polar surface area (TPSA) is 50.5 Å². The minimum Gasteiger partial charge on any atom is -0.461 e. The van der Waals surface area contributed by atoms with Gasteiger partial charge in [-0.3, -0.25) is 9.59 Å². The zero-order valence-electron chi connectivity index (χ0n) is 10.2. The molecule has 0 N–H and O–H groups in total. The first-order chi connectivity index (χ1) is 8.08. The Hall–Kier alpha value is -1.58. The summed E-state index contributed by atoms with van der Waals surface area (Å²) in [6.45, 7) is 5.03. The summed E-state index contributed by atoms with van der Waals surface area (Å²) in [5.41, 5.74) is 0. The molecular weight excluding hydrogens is 218 g/mol. The van der Waals surface area contributed by atoms with E-state index in [0.717, 1.165) is 0 Å². The number of furan rings is 1. The van der Waals surface area contributed by atoms with Gasteiger partial charge in [0.25, 0.3) is 0 Å². The van der Waals surface area contributed by atoms with Gasteiger partial charge in [-0.15, -0.1) is 0 Å². The molecule has 92 valence electrons. The van der Waals surface area contributed by atoms with E-state index >= 15 is 0 Å². The molecule has 1 saturated heterocycles. The summed E-state index contributed by atoms with van der Waals surface area (Å²) < 4.78 is 5.03. The van der Waals surface area contributed by atoms with Crippen molar-refractivity contribution in [2.24, 2.45) is 11.8 Å². The average molecular weight is 235 g/mol. The van der Waals surface area contributed by atoms with Crippen molar-refractivity contribution in [3.8, 4) is 0 Å². The lowest BCUT2D eigenvalue weighted by molar-refractivity contribution is -0.127. The molecule has 1 fully saturated rings. The van der Waals surface area contributed by atoms with Crippen LogP contribution in [0, 0.1) is 11.8 Å². The Labute approximate surface area is 101 Å². The van der Waals surface area contributed by atoms with Crippen LogP contribution >= 0.6 is 0 Å². The zero-order chi connectivity index (χ0) is 12.4. The van der Waals surface area contributed by atoms with Crippen LogP contribution in [0.15, 0.2) is 22.8 Å². The third kappa shape index (κ3) is 2.57. The molecule has 2 rings (SSSR count). The molecule has 1 amide bonds. The monoisotopic (exact) mass is 235 g/mol. The number of hydrogen-bond donors (Lipinski definition) is 0. The average Bonchev–Trinajstić information content (AvgIpc) is 2.88. The Balaban J connectivity index is 1.96. The van der Waals surface area contributed by atoms with Crippen LogP contribution < -0.4 is 0 Å². The van der Waals surface area contributed by atoms with Gasteiger partial charge in [0.1, 0.15) is 0 Å². The van der Waals surface area contributed by atoms with Gasteiger partial charge in [-0.05, 0) is 24.0 Å². The number of carbonyl (C=O) groups excluding carboxylic acids is 2. The number of likely N-dealkylation sites (tertiary alicyclic amines) is 1. The second-order valence-corrected chi connectivity index (χ2v) is 4.88. The number of ketones is 1. The second-order valence-electron chi connectivity index (χ2n) is 4.88. The molecule has 0 aromatic carbocycles. The molecule has 1 atom stereocenters. The maximum atomic E-state index is 11.8. The van der Waals surface area contributed by atoms with Crippen LogP contribution in [0.25, 0.3) is 0 Å². The third-order valence-corrected chi connectivity index (χ3v) is 3.32. The van der Waals surface area contributed by atoms with Gasteiger partial charge < -0.3 is 9.32 Å². The molecule has 1 unspecified atom stereocenters. The molecular formula is C13H17NO3. The van der Waals surface area contributed by atoms with Crippen LogP contribution in [0.5, 0.6) is 0 Å².